The Morgan fingerprint density at radius 2 is 1.59 bits per heavy atom. The lowest BCUT2D eigenvalue weighted by molar-refractivity contribution is -0.153. The predicted octanol–water partition coefficient (Wildman–Crippen LogP) is 2.51. The molecule has 0 unspecified atom stereocenters. The first-order chi connectivity index (χ1) is 12.9. The van der Waals surface area contributed by atoms with Gasteiger partial charge in [-0.2, -0.15) is 0 Å². The summed E-state index contributed by atoms with van der Waals surface area (Å²) in [5.41, 5.74) is 0.973. The zero-order valence-corrected chi connectivity index (χ0v) is 15.0. The van der Waals surface area contributed by atoms with Gasteiger partial charge < -0.3 is 10.1 Å². The van der Waals surface area contributed by atoms with Crippen molar-refractivity contribution in [2.45, 2.75) is 13.0 Å². The van der Waals surface area contributed by atoms with E-state index in [9.17, 15) is 19.2 Å². The fraction of sp³-hybridized carbons (Fsp3) is 0.158. The van der Waals surface area contributed by atoms with Crippen LogP contribution in [0.3, 0.4) is 0 Å². The molecule has 1 atom stereocenters. The fourth-order valence-electron chi connectivity index (χ4n) is 2.58. The molecule has 138 valence electrons. The highest BCUT2D eigenvalue weighted by molar-refractivity contribution is 6.30. The zero-order chi connectivity index (χ0) is 19.6. The normalized spacial score (nSPS) is 13.9. The molecule has 0 saturated carbocycles. The lowest BCUT2D eigenvalue weighted by Gasteiger charge is -2.16. The third-order valence-corrected chi connectivity index (χ3v) is 4.21. The SMILES string of the molecule is C[C@@H](OC(=O)CN1C(=O)c2ccccc2C1=O)C(=O)Nc1ccc(Cl)cc1. The Morgan fingerprint density at radius 3 is 2.15 bits per heavy atom. The first kappa shape index (κ1) is 18.6. The van der Waals surface area contributed by atoms with Gasteiger partial charge in [-0.15, -0.1) is 0 Å². The number of carbonyl (C=O) groups is 4. The standard InChI is InChI=1S/C19H15ClN2O5/c1-11(17(24)21-13-8-6-12(20)7-9-13)27-16(23)10-22-18(25)14-4-2-3-5-15(14)19(22)26/h2-9,11H,10H2,1H3,(H,21,24)/t11-/m1/s1. The maximum Gasteiger partial charge on any atom is 0.326 e. The predicted molar refractivity (Wildman–Crippen MR) is 97.4 cm³/mol. The fourth-order valence-corrected chi connectivity index (χ4v) is 2.70. The number of esters is 1. The molecule has 7 nitrogen and oxygen atoms in total. The number of nitrogens with one attached hydrogen (secondary N) is 1. The maximum atomic E-state index is 12.2. The van der Waals surface area contributed by atoms with E-state index < -0.39 is 36.3 Å². The van der Waals surface area contributed by atoms with Gasteiger partial charge in [0.1, 0.15) is 6.54 Å². The van der Waals surface area contributed by atoms with E-state index in [1.807, 2.05) is 0 Å². The van der Waals surface area contributed by atoms with Crippen LogP contribution in [0.2, 0.25) is 5.02 Å². The smallest absolute Gasteiger partial charge is 0.326 e. The summed E-state index contributed by atoms with van der Waals surface area (Å²) in [6, 6.07) is 12.7. The van der Waals surface area contributed by atoms with Crippen LogP contribution in [0.4, 0.5) is 5.69 Å². The second-order valence-electron chi connectivity index (χ2n) is 5.87. The van der Waals surface area contributed by atoms with E-state index in [4.69, 9.17) is 16.3 Å². The van der Waals surface area contributed by atoms with E-state index in [0.717, 1.165) is 4.90 Å². The summed E-state index contributed by atoms with van der Waals surface area (Å²) >= 11 is 5.78. The summed E-state index contributed by atoms with van der Waals surface area (Å²) in [6.07, 6.45) is -1.11. The Labute approximate surface area is 159 Å². The molecule has 0 radical (unpaired) electrons. The van der Waals surface area contributed by atoms with Crippen LogP contribution in [0.25, 0.3) is 0 Å². The minimum absolute atomic E-state index is 0.240. The number of fused-ring (bicyclic) bond motifs is 1. The van der Waals surface area contributed by atoms with Gasteiger partial charge in [-0.3, -0.25) is 24.1 Å². The molecule has 0 spiro atoms. The van der Waals surface area contributed by atoms with Crippen LogP contribution in [0.5, 0.6) is 0 Å². The van der Waals surface area contributed by atoms with Gasteiger partial charge in [0.2, 0.25) is 0 Å². The highest BCUT2D eigenvalue weighted by Crippen LogP contribution is 2.22. The molecule has 27 heavy (non-hydrogen) atoms. The Bertz CT molecular complexity index is 891. The summed E-state index contributed by atoms with van der Waals surface area (Å²) < 4.78 is 5.04. The average molecular weight is 387 g/mol. The van der Waals surface area contributed by atoms with E-state index in [1.165, 1.54) is 19.1 Å². The van der Waals surface area contributed by atoms with Gasteiger partial charge in [0, 0.05) is 10.7 Å². The monoisotopic (exact) mass is 386 g/mol. The molecule has 0 fully saturated rings. The highest BCUT2D eigenvalue weighted by atomic mass is 35.5. The number of rotatable bonds is 5. The molecule has 1 heterocycles. The lowest BCUT2D eigenvalue weighted by atomic mass is 10.1. The Kier molecular flexibility index (Phi) is 5.23. The summed E-state index contributed by atoms with van der Waals surface area (Å²) in [6.45, 7) is 0.830. The van der Waals surface area contributed by atoms with Gasteiger partial charge in [-0.05, 0) is 43.3 Å². The quantitative estimate of drug-likeness (QED) is 0.629. The average Bonchev–Trinajstić information content (AvgIpc) is 2.89. The number of benzene rings is 2. The molecule has 1 aliphatic rings. The summed E-state index contributed by atoms with van der Waals surface area (Å²) in [5.74, 6) is -2.53. The van der Waals surface area contributed by atoms with Crippen LogP contribution in [0.1, 0.15) is 27.6 Å². The molecule has 3 amide bonds. The van der Waals surface area contributed by atoms with Crippen LogP contribution < -0.4 is 5.32 Å². The van der Waals surface area contributed by atoms with Crippen molar-refractivity contribution in [1.82, 2.24) is 4.90 Å². The number of ether oxygens (including phenoxy) is 1. The van der Waals surface area contributed by atoms with Crippen LogP contribution in [-0.4, -0.2) is 41.2 Å². The van der Waals surface area contributed by atoms with E-state index in [0.29, 0.717) is 10.7 Å². The molecule has 3 rings (SSSR count). The van der Waals surface area contributed by atoms with Crippen molar-refractivity contribution in [2.75, 3.05) is 11.9 Å². The molecule has 2 aromatic rings. The van der Waals surface area contributed by atoms with E-state index in [2.05, 4.69) is 5.32 Å². The van der Waals surface area contributed by atoms with Gasteiger partial charge in [-0.1, -0.05) is 23.7 Å². The van der Waals surface area contributed by atoms with Crippen LogP contribution in [0.15, 0.2) is 48.5 Å². The Balaban J connectivity index is 1.57. The third kappa shape index (κ3) is 3.98. The number of anilines is 1. The number of imide groups is 1. The van der Waals surface area contributed by atoms with Gasteiger partial charge in [-0.25, -0.2) is 0 Å². The molecule has 1 aliphatic heterocycles. The van der Waals surface area contributed by atoms with Crippen LogP contribution >= 0.6 is 11.6 Å². The Morgan fingerprint density at radius 1 is 1.04 bits per heavy atom. The molecule has 0 aromatic heterocycles. The third-order valence-electron chi connectivity index (χ3n) is 3.95. The molecular formula is C19H15ClN2O5. The van der Waals surface area contributed by atoms with Crippen molar-refractivity contribution in [3.05, 3.63) is 64.7 Å². The van der Waals surface area contributed by atoms with Crippen molar-refractivity contribution in [1.29, 1.82) is 0 Å². The van der Waals surface area contributed by atoms with E-state index in [1.54, 1.807) is 36.4 Å². The first-order valence-electron chi connectivity index (χ1n) is 8.08. The van der Waals surface area contributed by atoms with Crippen molar-refractivity contribution in [3.63, 3.8) is 0 Å². The minimum Gasteiger partial charge on any atom is -0.451 e. The second-order valence-corrected chi connectivity index (χ2v) is 6.31. The number of hydrogen-bond acceptors (Lipinski definition) is 5. The van der Waals surface area contributed by atoms with Crippen molar-refractivity contribution >= 4 is 41.0 Å². The molecule has 0 saturated heterocycles. The Hall–Kier alpha value is -3.19. The highest BCUT2D eigenvalue weighted by Gasteiger charge is 2.37. The summed E-state index contributed by atoms with van der Waals surface area (Å²) in [7, 11) is 0. The minimum atomic E-state index is -1.11. The molecular weight excluding hydrogens is 372 g/mol. The molecule has 2 aromatic carbocycles. The van der Waals surface area contributed by atoms with Gasteiger partial charge in [0.25, 0.3) is 17.7 Å². The molecule has 8 heteroatoms. The van der Waals surface area contributed by atoms with Crippen LogP contribution in [0, 0.1) is 0 Å². The summed E-state index contributed by atoms with van der Waals surface area (Å²) in [5, 5.41) is 3.10. The number of carbonyl (C=O) groups excluding carboxylic acids is 4. The first-order valence-corrected chi connectivity index (χ1v) is 8.46. The number of hydrogen-bond donors (Lipinski definition) is 1. The van der Waals surface area contributed by atoms with Crippen molar-refractivity contribution in [2.24, 2.45) is 0 Å². The van der Waals surface area contributed by atoms with Crippen LogP contribution in [-0.2, 0) is 14.3 Å². The lowest BCUT2D eigenvalue weighted by Crippen LogP contribution is -2.38. The number of amides is 3. The molecule has 0 bridgehead atoms. The number of nitrogens with zero attached hydrogens (tertiary/aromatic N) is 1. The van der Waals surface area contributed by atoms with Gasteiger partial charge in [0.15, 0.2) is 6.10 Å². The van der Waals surface area contributed by atoms with Gasteiger partial charge in [0.05, 0.1) is 11.1 Å². The second kappa shape index (κ2) is 7.59. The largest absolute Gasteiger partial charge is 0.451 e. The topological polar surface area (TPSA) is 92.8 Å². The zero-order valence-electron chi connectivity index (χ0n) is 14.3. The van der Waals surface area contributed by atoms with Crippen molar-refractivity contribution in [3.8, 4) is 0 Å². The number of halogens is 1. The molecule has 1 N–H and O–H groups in total. The summed E-state index contributed by atoms with van der Waals surface area (Å²) in [4.78, 5) is 49.5. The van der Waals surface area contributed by atoms with Crippen molar-refractivity contribution < 1.29 is 23.9 Å². The van der Waals surface area contributed by atoms with Gasteiger partial charge >= 0.3 is 5.97 Å². The van der Waals surface area contributed by atoms with E-state index in [-0.39, 0.29) is 11.1 Å². The molecule has 0 aliphatic carbocycles. The van der Waals surface area contributed by atoms with E-state index >= 15 is 0 Å². The maximum absolute atomic E-state index is 12.2.